The molecule has 0 aliphatic carbocycles. The second kappa shape index (κ2) is 64.1. The van der Waals surface area contributed by atoms with Crippen molar-refractivity contribution in [3.8, 4) is 0 Å². The van der Waals surface area contributed by atoms with Crippen LogP contribution in [0.3, 0.4) is 0 Å². The van der Waals surface area contributed by atoms with Gasteiger partial charge < -0.3 is 15.5 Å². The van der Waals surface area contributed by atoms with Gasteiger partial charge in [-0.2, -0.15) is 0 Å². The van der Waals surface area contributed by atoms with Gasteiger partial charge in [0.05, 0.1) is 18.8 Å². The highest BCUT2D eigenvalue weighted by molar-refractivity contribution is 5.76. The Balaban J connectivity index is 3.60. The predicted molar refractivity (Wildman–Crippen MR) is 331 cm³/mol. The number of nitrogens with one attached hydrogen (secondary N) is 1. The number of amides is 1. The third-order valence-electron chi connectivity index (χ3n) is 13.9. The SMILES string of the molecule is CC/C=C\C/C=C\C/C=C\C/C=C\C/C=C\C/C=C\C/C=C\C/C=C\CCCCCCC(=O)NC(CO)C(O)/C=C/CC/C=C/CCCCCCCCCCCCCCCCCCCCCCCCCCCCC. The van der Waals surface area contributed by atoms with E-state index in [0.29, 0.717) is 6.42 Å². The molecule has 4 heteroatoms. The molecule has 0 spiro atoms. The van der Waals surface area contributed by atoms with E-state index in [0.717, 1.165) is 103 Å². The van der Waals surface area contributed by atoms with Crippen LogP contribution in [-0.2, 0) is 4.79 Å². The standard InChI is InChI=1S/C70H121NO3/c1-3-5-7-9-11-13-15-17-19-21-23-25-27-29-31-33-34-35-36-38-39-41-43-45-47-49-51-53-55-57-59-61-63-65-69(73)68(67-72)71-70(74)66-64-62-60-58-56-54-52-50-48-46-44-42-40-37-32-30-28-26-24-22-20-18-16-14-12-10-8-6-4-2/h6,8,12,14,18,20,24,26,30,32,40,42,46,48,52,54-55,57,63,65,68-69,72-73H,3-5,7,9-11,13,15-17,19,21-23,25,27-29,31,33-39,41,43-45,47,49-51,53,56,58-62,64,66-67H2,1-2H3,(H,71,74)/b8-6-,14-12-,20-18-,26-24-,32-30-,42-40-,48-46-,54-52-,57-55+,65-63+. The normalized spacial score (nSPS) is 13.6. The molecule has 0 fully saturated rings. The minimum atomic E-state index is -0.885. The van der Waals surface area contributed by atoms with E-state index in [1.54, 1.807) is 6.08 Å². The maximum atomic E-state index is 12.5. The summed E-state index contributed by atoms with van der Waals surface area (Å²) >= 11 is 0. The van der Waals surface area contributed by atoms with Crippen molar-refractivity contribution >= 4 is 5.91 Å². The smallest absolute Gasteiger partial charge is 0.220 e. The molecule has 1 amide bonds. The number of unbranched alkanes of at least 4 members (excludes halogenated alkanes) is 32. The number of aliphatic hydroxyl groups is 2. The van der Waals surface area contributed by atoms with Crippen molar-refractivity contribution in [2.24, 2.45) is 0 Å². The van der Waals surface area contributed by atoms with Crippen molar-refractivity contribution < 1.29 is 15.0 Å². The summed E-state index contributed by atoms with van der Waals surface area (Å²) in [4.78, 5) is 12.5. The minimum Gasteiger partial charge on any atom is -0.394 e. The first-order chi connectivity index (χ1) is 36.7. The van der Waals surface area contributed by atoms with Gasteiger partial charge in [0.25, 0.3) is 0 Å². The van der Waals surface area contributed by atoms with Crippen LogP contribution >= 0.6 is 0 Å². The van der Waals surface area contributed by atoms with E-state index in [2.05, 4.69) is 129 Å². The molecule has 0 radical (unpaired) electrons. The zero-order valence-electron chi connectivity index (χ0n) is 48.8. The highest BCUT2D eigenvalue weighted by atomic mass is 16.3. The van der Waals surface area contributed by atoms with Crippen LogP contribution < -0.4 is 5.32 Å². The molecule has 2 atom stereocenters. The molecule has 0 saturated carbocycles. The third kappa shape index (κ3) is 59.7. The fourth-order valence-electron chi connectivity index (χ4n) is 9.15. The van der Waals surface area contributed by atoms with Crippen LogP contribution in [0.2, 0.25) is 0 Å². The van der Waals surface area contributed by atoms with E-state index in [4.69, 9.17) is 0 Å². The topological polar surface area (TPSA) is 69.6 Å². The second-order valence-electron chi connectivity index (χ2n) is 21.1. The van der Waals surface area contributed by atoms with Gasteiger partial charge in [-0.25, -0.2) is 0 Å². The minimum absolute atomic E-state index is 0.101. The largest absolute Gasteiger partial charge is 0.394 e. The third-order valence-corrected chi connectivity index (χ3v) is 13.9. The summed E-state index contributed by atoms with van der Waals surface area (Å²) in [5.74, 6) is -0.101. The van der Waals surface area contributed by atoms with Gasteiger partial charge in [0.2, 0.25) is 5.91 Å². The maximum Gasteiger partial charge on any atom is 0.220 e. The molecule has 74 heavy (non-hydrogen) atoms. The molecular weight excluding hydrogens is 903 g/mol. The Morgan fingerprint density at radius 2 is 0.608 bits per heavy atom. The Bertz CT molecular complexity index is 1440. The Hall–Kier alpha value is -3.21. The molecule has 4 nitrogen and oxygen atoms in total. The van der Waals surface area contributed by atoms with Gasteiger partial charge >= 0.3 is 0 Å². The lowest BCUT2D eigenvalue weighted by Crippen LogP contribution is -2.45. The molecule has 0 aromatic heterocycles. The van der Waals surface area contributed by atoms with Crippen molar-refractivity contribution in [2.75, 3.05) is 6.61 Å². The quantitative estimate of drug-likeness (QED) is 0.0420. The summed E-state index contributed by atoms with van der Waals surface area (Å²) < 4.78 is 0. The van der Waals surface area contributed by atoms with Crippen LogP contribution in [0.1, 0.15) is 296 Å². The van der Waals surface area contributed by atoms with Crippen molar-refractivity contribution in [2.45, 2.75) is 309 Å². The molecule has 0 saturated heterocycles. The average molecular weight is 1020 g/mol. The Labute approximate surface area is 460 Å². The lowest BCUT2D eigenvalue weighted by molar-refractivity contribution is -0.123. The second-order valence-corrected chi connectivity index (χ2v) is 21.1. The van der Waals surface area contributed by atoms with Gasteiger partial charge in [-0.05, 0) is 96.3 Å². The first-order valence-corrected chi connectivity index (χ1v) is 31.7. The molecule has 0 aliphatic rings. The fourth-order valence-corrected chi connectivity index (χ4v) is 9.15. The number of hydrogen-bond acceptors (Lipinski definition) is 3. The van der Waals surface area contributed by atoms with Gasteiger partial charge in [0, 0.05) is 6.42 Å². The number of rotatable bonds is 57. The van der Waals surface area contributed by atoms with Gasteiger partial charge in [-0.3, -0.25) is 4.79 Å². The molecule has 0 aliphatic heterocycles. The fraction of sp³-hybridized carbons (Fsp3) is 0.700. The molecule has 0 bridgehead atoms. The molecule has 0 aromatic carbocycles. The monoisotopic (exact) mass is 1020 g/mol. The first-order valence-electron chi connectivity index (χ1n) is 31.7. The molecule has 0 rings (SSSR count). The van der Waals surface area contributed by atoms with Crippen molar-refractivity contribution in [1.82, 2.24) is 5.32 Å². The van der Waals surface area contributed by atoms with E-state index in [9.17, 15) is 15.0 Å². The molecule has 0 heterocycles. The highest BCUT2D eigenvalue weighted by Gasteiger charge is 2.18. The zero-order valence-corrected chi connectivity index (χ0v) is 48.8. The summed E-state index contributed by atoms with van der Waals surface area (Å²) in [5, 5.41) is 23.2. The lowest BCUT2D eigenvalue weighted by atomic mass is 10.0. The summed E-state index contributed by atoms with van der Waals surface area (Å²) in [6.07, 6.45) is 98.2. The van der Waals surface area contributed by atoms with Gasteiger partial charge in [0.1, 0.15) is 0 Å². The van der Waals surface area contributed by atoms with Crippen LogP contribution in [0.25, 0.3) is 0 Å². The van der Waals surface area contributed by atoms with Crippen molar-refractivity contribution in [3.05, 3.63) is 122 Å². The average Bonchev–Trinajstić information content (AvgIpc) is 3.40. The molecule has 0 aromatic rings. The summed E-state index contributed by atoms with van der Waals surface area (Å²) in [6, 6.07) is -0.664. The number of allylic oxidation sites excluding steroid dienone is 19. The van der Waals surface area contributed by atoms with E-state index in [-0.39, 0.29) is 12.5 Å². The zero-order chi connectivity index (χ0) is 53.4. The van der Waals surface area contributed by atoms with Crippen LogP contribution in [0.5, 0.6) is 0 Å². The Morgan fingerprint density at radius 3 is 0.946 bits per heavy atom. The molecule has 2 unspecified atom stereocenters. The number of hydrogen-bond donors (Lipinski definition) is 3. The van der Waals surface area contributed by atoms with Gasteiger partial charge in [0.15, 0.2) is 0 Å². The van der Waals surface area contributed by atoms with Crippen LogP contribution in [-0.4, -0.2) is 34.9 Å². The summed E-state index contributed by atoms with van der Waals surface area (Å²) in [5.41, 5.74) is 0. The summed E-state index contributed by atoms with van der Waals surface area (Å²) in [7, 11) is 0. The predicted octanol–water partition coefficient (Wildman–Crippen LogP) is 21.6. The Morgan fingerprint density at radius 1 is 0.338 bits per heavy atom. The van der Waals surface area contributed by atoms with E-state index < -0.39 is 12.1 Å². The van der Waals surface area contributed by atoms with Crippen LogP contribution in [0, 0.1) is 0 Å². The van der Waals surface area contributed by atoms with E-state index in [1.165, 1.54) is 173 Å². The maximum absolute atomic E-state index is 12.5. The Kier molecular flexibility index (Phi) is 61.3. The molecule has 3 N–H and O–H groups in total. The molecule has 424 valence electrons. The van der Waals surface area contributed by atoms with E-state index >= 15 is 0 Å². The van der Waals surface area contributed by atoms with E-state index in [1.807, 2.05) is 6.08 Å². The van der Waals surface area contributed by atoms with Gasteiger partial charge in [-0.15, -0.1) is 0 Å². The number of carbonyl (C=O) groups is 1. The highest BCUT2D eigenvalue weighted by Crippen LogP contribution is 2.17. The summed E-state index contributed by atoms with van der Waals surface area (Å²) in [6.45, 7) is 4.19. The first kappa shape index (κ1) is 70.8. The molecular formula is C70H121NO3. The van der Waals surface area contributed by atoms with Crippen LogP contribution in [0.4, 0.5) is 0 Å². The number of carbonyl (C=O) groups excluding carboxylic acids is 1. The van der Waals surface area contributed by atoms with Crippen molar-refractivity contribution in [3.63, 3.8) is 0 Å². The number of aliphatic hydroxyl groups excluding tert-OH is 2. The van der Waals surface area contributed by atoms with Gasteiger partial charge in [-0.1, -0.05) is 315 Å². The lowest BCUT2D eigenvalue weighted by Gasteiger charge is -2.19. The van der Waals surface area contributed by atoms with Crippen molar-refractivity contribution in [1.29, 1.82) is 0 Å². The van der Waals surface area contributed by atoms with Crippen LogP contribution in [0.15, 0.2) is 122 Å².